The van der Waals surface area contributed by atoms with E-state index in [4.69, 9.17) is 23.7 Å². The molecule has 30 heavy (non-hydrogen) atoms. The number of methoxy groups -OCH3 is 3. The number of aliphatic imine (C=N–C) groups is 1. The largest absolute Gasteiger partial charge is 0.496 e. The van der Waals surface area contributed by atoms with Crippen LogP contribution in [0.5, 0.6) is 28.7 Å². The zero-order valence-corrected chi connectivity index (χ0v) is 17.9. The lowest BCUT2D eigenvalue weighted by Gasteiger charge is -2.16. The molecule has 1 heterocycles. The Balaban J connectivity index is 1.50. The van der Waals surface area contributed by atoms with Crippen molar-refractivity contribution in [2.24, 2.45) is 4.99 Å². The molecule has 2 aromatic rings. The Bertz CT molecular complexity index is 860. The van der Waals surface area contributed by atoms with Gasteiger partial charge < -0.3 is 34.3 Å². The van der Waals surface area contributed by atoms with E-state index < -0.39 is 0 Å². The molecule has 8 heteroatoms. The Morgan fingerprint density at radius 3 is 2.20 bits per heavy atom. The van der Waals surface area contributed by atoms with Crippen molar-refractivity contribution in [3.8, 4) is 28.7 Å². The predicted molar refractivity (Wildman–Crippen MR) is 115 cm³/mol. The van der Waals surface area contributed by atoms with Crippen molar-refractivity contribution in [2.75, 3.05) is 48.3 Å². The van der Waals surface area contributed by atoms with E-state index in [1.54, 1.807) is 28.4 Å². The van der Waals surface area contributed by atoms with Crippen LogP contribution in [0.25, 0.3) is 0 Å². The van der Waals surface area contributed by atoms with E-state index in [1.807, 2.05) is 30.3 Å². The average Bonchev–Trinajstić information content (AvgIpc) is 3.25. The molecule has 0 saturated carbocycles. The smallest absolute Gasteiger partial charge is 0.231 e. The van der Waals surface area contributed by atoms with Gasteiger partial charge in [-0.2, -0.15) is 0 Å². The summed E-state index contributed by atoms with van der Waals surface area (Å²) in [7, 11) is 6.66. The SMILES string of the molecule is CN=C(NCCc1ccc2c(c1)OCO2)NCCc1c(OC)cc(OC)cc1OC. The third-order valence-electron chi connectivity index (χ3n) is 4.85. The van der Waals surface area contributed by atoms with Gasteiger partial charge >= 0.3 is 0 Å². The van der Waals surface area contributed by atoms with E-state index in [0.29, 0.717) is 18.7 Å². The summed E-state index contributed by atoms with van der Waals surface area (Å²) in [4.78, 5) is 4.29. The monoisotopic (exact) mass is 415 g/mol. The summed E-state index contributed by atoms with van der Waals surface area (Å²) in [6, 6.07) is 9.73. The van der Waals surface area contributed by atoms with Crippen molar-refractivity contribution in [3.05, 3.63) is 41.5 Å². The van der Waals surface area contributed by atoms with Gasteiger partial charge in [0.25, 0.3) is 0 Å². The van der Waals surface area contributed by atoms with E-state index >= 15 is 0 Å². The minimum Gasteiger partial charge on any atom is -0.496 e. The zero-order valence-electron chi connectivity index (χ0n) is 17.9. The lowest BCUT2D eigenvalue weighted by Crippen LogP contribution is -2.39. The van der Waals surface area contributed by atoms with Crippen molar-refractivity contribution in [2.45, 2.75) is 12.8 Å². The van der Waals surface area contributed by atoms with Crippen LogP contribution in [0, 0.1) is 0 Å². The molecule has 0 radical (unpaired) electrons. The molecule has 0 amide bonds. The average molecular weight is 415 g/mol. The molecule has 1 aliphatic heterocycles. The van der Waals surface area contributed by atoms with E-state index in [1.165, 1.54) is 5.56 Å². The summed E-state index contributed by atoms with van der Waals surface area (Å²) < 4.78 is 27.1. The minimum atomic E-state index is 0.289. The zero-order chi connectivity index (χ0) is 21.3. The van der Waals surface area contributed by atoms with Gasteiger partial charge in [-0.15, -0.1) is 0 Å². The fourth-order valence-electron chi connectivity index (χ4n) is 3.27. The number of hydrogen-bond donors (Lipinski definition) is 2. The second kappa shape index (κ2) is 10.5. The molecule has 1 aliphatic rings. The van der Waals surface area contributed by atoms with Crippen LogP contribution < -0.4 is 34.3 Å². The van der Waals surface area contributed by atoms with Gasteiger partial charge in [-0.25, -0.2) is 0 Å². The molecule has 2 N–H and O–H groups in total. The maximum Gasteiger partial charge on any atom is 0.231 e. The van der Waals surface area contributed by atoms with Gasteiger partial charge in [0.2, 0.25) is 6.79 Å². The van der Waals surface area contributed by atoms with Crippen LogP contribution in [0.3, 0.4) is 0 Å². The summed E-state index contributed by atoms with van der Waals surface area (Å²) in [5.74, 6) is 4.51. The van der Waals surface area contributed by atoms with Gasteiger partial charge in [-0.05, 0) is 30.5 Å². The normalized spacial score (nSPS) is 12.5. The summed E-state index contributed by atoms with van der Waals surface area (Å²) in [6.07, 6.45) is 1.55. The quantitative estimate of drug-likeness (QED) is 0.481. The first kappa shape index (κ1) is 21.4. The number of nitrogens with zero attached hydrogens (tertiary/aromatic N) is 1. The molecule has 0 fully saturated rings. The van der Waals surface area contributed by atoms with Gasteiger partial charge in [0.05, 0.1) is 21.3 Å². The van der Waals surface area contributed by atoms with Gasteiger partial charge in [-0.3, -0.25) is 4.99 Å². The van der Waals surface area contributed by atoms with Crippen LogP contribution in [0.4, 0.5) is 0 Å². The molecule has 2 aromatic carbocycles. The molecule has 0 bridgehead atoms. The van der Waals surface area contributed by atoms with Crippen LogP contribution in [0.1, 0.15) is 11.1 Å². The Morgan fingerprint density at radius 2 is 1.57 bits per heavy atom. The highest BCUT2D eigenvalue weighted by Gasteiger charge is 2.14. The first-order chi connectivity index (χ1) is 14.7. The third-order valence-corrected chi connectivity index (χ3v) is 4.85. The maximum atomic E-state index is 5.51. The van der Waals surface area contributed by atoms with Crippen molar-refractivity contribution in [1.82, 2.24) is 10.6 Å². The standard InChI is InChI=1S/C22H29N3O5/c1-23-22(24-9-7-15-5-6-18-21(11-15)30-14-29-18)25-10-8-17-19(27-3)12-16(26-2)13-20(17)28-4/h5-6,11-13H,7-10,14H2,1-4H3,(H2,23,24,25). The van der Waals surface area contributed by atoms with Crippen molar-refractivity contribution in [1.29, 1.82) is 0 Å². The lowest BCUT2D eigenvalue weighted by molar-refractivity contribution is 0.174. The Morgan fingerprint density at radius 1 is 0.900 bits per heavy atom. The van der Waals surface area contributed by atoms with Gasteiger partial charge in [-0.1, -0.05) is 6.07 Å². The molecular formula is C22H29N3O5. The summed E-state index contributed by atoms with van der Waals surface area (Å²) in [5.41, 5.74) is 2.15. The first-order valence-corrected chi connectivity index (χ1v) is 9.80. The number of nitrogens with one attached hydrogen (secondary N) is 2. The van der Waals surface area contributed by atoms with Crippen LogP contribution >= 0.6 is 0 Å². The molecule has 3 rings (SSSR count). The molecule has 0 aliphatic carbocycles. The number of ether oxygens (including phenoxy) is 5. The third kappa shape index (κ3) is 5.20. The fourth-order valence-corrected chi connectivity index (χ4v) is 3.27. The van der Waals surface area contributed by atoms with E-state index in [-0.39, 0.29) is 6.79 Å². The van der Waals surface area contributed by atoms with Gasteiger partial charge in [0.15, 0.2) is 17.5 Å². The van der Waals surface area contributed by atoms with E-state index in [9.17, 15) is 0 Å². The highest BCUT2D eigenvalue weighted by Crippen LogP contribution is 2.34. The van der Waals surface area contributed by atoms with E-state index in [2.05, 4.69) is 15.6 Å². The predicted octanol–water partition coefficient (Wildman–Crippen LogP) is 2.39. The maximum absolute atomic E-state index is 5.51. The Hall–Kier alpha value is -3.29. The molecule has 162 valence electrons. The minimum absolute atomic E-state index is 0.289. The second-order valence-electron chi connectivity index (χ2n) is 6.62. The highest BCUT2D eigenvalue weighted by molar-refractivity contribution is 5.79. The number of guanidine groups is 1. The molecular weight excluding hydrogens is 386 g/mol. The molecule has 0 unspecified atom stereocenters. The highest BCUT2D eigenvalue weighted by atomic mass is 16.7. The number of hydrogen-bond acceptors (Lipinski definition) is 6. The van der Waals surface area contributed by atoms with Gasteiger partial charge in [0.1, 0.15) is 17.2 Å². The summed E-state index contributed by atoms with van der Waals surface area (Å²) in [6.45, 7) is 1.70. The number of rotatable bonds is 9. The molecule has 0 spiro atoms. The van der Waals surface area contributed by atoms with Gasteiger partial charge in [0, 0.05) is 37.8 Å². The number of benzene rings is 2. The molecule has 0 aromatic heterocycles. The lowest BCUT2D eigenvalue weighted by atomic mass is 10.1. The molecule has 0 atom stereocenters. The fraction of sp³-hybridized carbons (Fsp3) is 0.409. The van der Waals surface area contributed by atoms with Crippen LogP contribution in [0.2, 0.25) is 0 Å². The topological polar surface area (TPSA) is 82.6 Å². The number of fused-ring (bicyclic) bond motifs is 1. The van der Waals surface area contributed by atoms with Crippen LogP contribution in [-0.2, 0) is 12.8 Å². The first-order valence-electron chi connectivity index (χ1n) is 9.80. The van der Waals surface area contributed by atoms with Crippen LogP contribution in [0.15, 0.2) is 35.3 Å². The molecule has 8 nitrogen and oxygen atoms in total. The van der Waals surface area contributed by atoms with Crippen molar-refractivity contribution < 1.29 is 23.7 Å². The second-order valence-corrected chi connectivity index (χ2v) is 6.62. The van der Waals surface area contributed by atoms with Crippen LogP contribution in [-0.4, -0.2) is 54.2 Å². The molecule has 0 saturated heterocycles. The van der Waals surface area contributed by atoms with E-state index in [0.717, 1.165) is 47.5 Å². The Kier molecular flexibility index (Phi) is 7.48. The summed E-state index contributed by atoms with van der Waals surface area (Å²) in [5, 5.41) is 6.66. The summed E-state index contributed by atoms with van der Waals surface area (Å²) >= 11 is 0. The Labute approximate surface area is 177 Å². The van der Waals surface area contributed by atoms with Crippen molar-refractivity contribution in [3.63, 3.8) is 0 Å². The van der Waals surface area contributed by atoms with Crippen molar-refractivity contribution >= 4 is 5.96 Å².